The highest BCUT2D eigenvalue weighted by Gasteiger charge is 2.28. The second kappa shape index (κ2) is 3.78. The average molecular weight is 207 g/mol. The first-order chi connectivity index (χ1) is 6.70. The average Bonchev–Trinajstić information content (AvgIpc) is 2.43. The van der Waals surface area contributed by atoms with Gasteiger partial charge in [0.1, 0.15) is 0 Å². The van der Waals surface area contributed by atoms with E-state index in [1.165, 1.54) is 16.7 Å². The molecule has 1 aliphatic carbocycles. The standard InChI is InChI=1S/C13H15Cl/c1-9-8-12(14)10(2)13(9)11-6-4-3-5-7-11/h3-7,10,12H,8H2,1-2H3. The Labute approximate surface area is 90.6 Å². The molecule has 1 heteroatoms. The molecule has 14 heavy (non-hydrogen) atoms. The van der Waals surface area contributed by atoms with Crippen LogP contribution in [0, 0.1) is 5.92 Å². The molecule has 0 nitrogen and oxygen atoms in total. The van der Waals surface area contributed by atoms with Crippen molar-refractivity contribution in [2.45, 2.75) is 25.6 Å². The second-order valence-electron chi connectivity index (χ2n) is 4.07. The van der Waals surface area contributed by atoms with Gasteiger partial charge in [0.25, 0.3) is 0 Å². The van der Waals surface area contributed by atoms with Crippen molar-refractivity contribution in [3.63, 3.8) is 0 Å². The molecule has 2 unspecified atom stereocenters. The van der Waals surface area contributed by atoms with Gasteiger partial charge >= 0.3 is 0 Å². The van der Waals surface area contributed by atoms with E-state index in [2.05, 4.69) is 44.2 Å². The van der Waals surface area contributed by atoms with Gasteiger partial charge in [-0.25, -0.2) is 0 Å². The number of alkyl halides is 1. The summed E-state index contributed by atoms with van der Waals surface area (Å²) in [6.45, 7) is 4.41. The number of allylic oxidation sites excluding steroid dienone is 2. The Morgan fingerprint density at radius 2 is 1.86 bits per heavy atom. The maximum Gasteiger partial charge on any atom is 0.0439 e. The molecule has 74 valence electrons. The van der Waals surface area contributed by atoms with E-state index in [0.29, 0.717) is 5.92 Å². The van der Waals surface area contributed by atoms with Gasteiger partial charge in [-0.2, -0.15) is 0 Å². The zero-order valence-electron chi connectivity index (χ0n) is 8.63. The van der Waals surface area contributed by atoms with E-state index in [-0.39, 0.29) is 5.38 Å². The predicted molar refractivity (Wildman–Crippen MR) is 62.5 cm³/mol. The number of hydrogen-bond donors (Lipinski definition) is 0. The third-order valence-corrected chi connectivity index (χ3v) is 3.58. The first-order valence-corrected chi connectivity index (χ1v) is 5.53. The minimum Gasteiger partial charge on any atom is -0.122 e. The minimum atomic E-state index is 0.283. The van der Waals surface area contributed by atoms with Gasteiger partial charge < -0.3 is 0 Å². The smallest absolute Gasteiger partial charge is 0.0439 e. The molecule has 0 aromatic heterocycles. The van der Waals surface area contributed by atoms with Crippen LogP contribution in [0.2, 0.25) is 0 Å². The van der Waals surface area contributed by atoms with Crippen molar-refractivity contribution in [2.24, 2.45) is 5.92 Å². The van der Waals surface area contributed by atoms with Crippen LogP contribution in [0.25, 0.3) is 5.57 Å². The van der Waals surface area contributed by atoms with E-state index in [9.17, 15) is 0 Å². The lowest BCUT2D eigenvalue weighted by Crippen LogP contribution is -2.05. The van der Waals surface area contributed by atoms with Gasteiger partial charge in [0.2, 0.25) is 0 Å². The van der Waals surface area contributed by atoms with Gasteiger partial charge in [0.15, 0.2) is 0 Å². The second-order valence-corrected chi connectivity index (χ2v) is 4.63. The molecule has 0 aliphatic heterocycles. The molecule has 2 rings (SSSR count). The van der Waals surface area contributed by atoms with Crippen LogP contribution in [-0.4, -0.2) is 5.38 Å². The van der Waals surface area contributed by atoms with E-state index in [0.717, 1.165) is 6.42 Å². The van der Waals surface area contributed by atoms with Crippen molar-refractivity contribution in [3.05, 3.63) is 41.5 Å². The molecule has 0 fully saturated rings. The molecule has 0 amide bonds. The first kappa shape index (κ1) is 9.79. The Balaban J connectivity index is 2.40. The fourth-order valence-electron chi connectivity index (χ4n) is 2.28. The summed E-state index contributed by atoms with van der Waals surface area (Å²) in [7, 11) is 0. The van der Waals surface area contributed by atoms with Gasteiger partial charge in [0.05, 0.1) is 0 Å². The minimum absolute atomic E-state index is 0.283. The molecule has 0 spiro atoms. The molecule has 0 saturated carbocycles. The van der Waals surface area contributed by atoms with E-state index in [1.807, 2.05) is 0 Å². The van der Waals surface area contributed by atoms with Crippen LogP contribution in [0.15, 0.2) is 35.9 Å². The molecule has 1 aromatic rings. The Bertz CT molecular complexity index is 351. The maximum atomic E-state index is 6.26. The fourth-order valence-corrected chi connectivity index (χ4v) is 2.63. The lowest BCUT2D eigenvalue weighted by atomic mass is 9.95. The highest BCUT2D eigenvalue weighted by atomic mass is 35.5. The van der Waals surface area contributed by atoms with Crippen molar-refractivity contribution in [3.8, 4) is 0 Å². The zero-order chi connectivity index (χ0) is 10.1. The molecule has 0 bridgehead atoms. The van der Waals surface area contributed by atoms with Crippen LogP contribution in [0.4, 0.5) is 0 Å². The van der Waals surface area contributed by atoms with E-state index >= 15 is 0 Å². The van der Waals surface area contributed by atoms with E-state index < -0.39 is 0 Å². The third kappa shape index (κ3) is 1.59. The van der Waals surface area contributed by atoms with Crippen LogP contribution >= 0.6 is 11.6 Å². The highest BCUT2D eigenvalue weighted by molar-refractivity contribution is 6.22. The zero-order valence-corrected chi connectivity index (χ0v) is 9.38. The van der Waals surface area contributed by atoms with Crippen molar-refractivity contribution >= 4 is 17.2 Å². The van der Waals surface area contributed by atoms with Crippen molar-refractivity contribution in [2.75, 3.05) is 0 Å². The number of benzene rings is 1. The van der Waals surface area contributed by atoms with Gasteiger partial charge in [-0.3, -0.25) is 0 Å². The first-order valence-electron chi connectivity index (χ1n) is 5.09. The largest absolute Gasteiger partial charge is 0.122 e. The molecule has 1 aliphatic rings. The topological polar surface area (TPSA) is 0 Å². The summed E-state index contributed by atoms with van der Waals surface area (Å²) in [5.74, 6) is 0.485. The normalized spacial score (nSPS) is 27.1. The molecular weight excluding hydrogens is 192 g/mol. The van der Waals surface area contributed by atoms with Gasteiger partial charge in [-0.15, -0.1) is 11.6 Å². The Hall–Kier alpha value is -0.750. The summed E-state index contributed by atoms with van der Waals surface area (Å²) in [5.41, 5.74) is 4.23. The van der Waals surface area contributed by atoms with Gasteiger partial charge in [0, 0.05) is 5.38 Å². The Morgan fingerprint density at radius 3 is 2.36 bits per heavy atom. The highest BCUT2D eigenvalue weighted by Crippen LogP contribution is 2.41. The summed E-state index contributed by atoms with van der Waals surface area (Å²) in [6, 6.07) is 10.6. The lowest BCUT2D eigenvalue weighted by Gasteiger charge is -2.13. The number of halogens is 1. The Kier molecular flexibility index (Phi) is 2.64. The fraction of sp³-hybridized carbons (Fsp3) is 0.385. The third-order valence-electron chi connectivity index (χ3n) is 3.04. The molecule has 1 aromatic carbocycles. The molecular formula is C13H15Cl. The summed E-state index contributed by atoms with van der Waals surface area (Å²) in [5, 5.41) is 0.283. The maximum absolute atomic E-state index is 6.26. The summed E-state index contributed by atoms with van der Waals surface area (Å²) < 4.78 is 0. The number of rotatable bonds is 1. The SMILES string of the molecule is CC1=C(c2ccccc2)C(C)C(Cl)C1. The molecule has 0 radical (unpaired) electrons. The van der Waals surface area contributed by atoms with Crippen LogP contribution in [0.1, 0.15) is 25.8 Å². The molecule has 0 N–H and O–H groups in total. The van der Waals surface area contributed by atoms with Crippen molar-refractivity contribution in [1.29, 1.82) is 0 Å². The van der Waals surface area contributed by atoms with Crippen molar-refractivity contribution < 1.29 is 0 Å². The monoisotopic (exact) mass is 206 g/mol. The quantitative estimate of drug-likeness (QED) is 0.607. The van der Waals surface area contributed by atoms with E-state index in [4.69, 9.17) is 11.6 Å². The van der Waals surface area contributed by atoms with Gasteiger partial charge in [-0.1, -0.05) is 42.8 Å². The van der Waals surface area contributed by atoms with E-state index in [1.54, 1.807) is 0 Å². The van der Waals surface area contributed by atoms with Crippen LogP contribution in [0.5, 0.6) is 0 Å². The predicted octanol–water partition coefficient (Wildman–Crippen LogP) is 4.11. The van der Waals surface area contributed by atoms with Crippen LogP contribution in [-0.2, 0) is 0 Å². The molecule has 0 heterocycles. The summed E-state index contributed by atoms with van der Waals surface area (Å²) >= 11 is 6.26. The summed E-state index contributed by atoms with van der Waals surface area (Å²) in [6.07, 6.45) is 1.03. The summed E-state index contributed by atoms with van der Waals surface area (Å²) in [4.78, 5) is 0. The van der Waals surface area contributed by atoms with Crippen molar-refractivity contribution in [1.82, 2.24) is 0 Å². The molecule has 0 saturated heterocycles. The Morgan fingerprint density at radius 1 is 1.21 bits per heavy atom. The lowest BCUT2D eigenvalue weighted by molar-refractivity contribution is 0.720. The molecule has 2 atom stereocenters. The van der Waals surface area contributed by atoms with Gasteiger partial charge in [-0.05, 0) is 30.4 Å². The van der Waals surface area contributed by atoms with Crippen LogP contribution in [0.3, 0.4) is 0 Å². The van der Waals surface area contributed by atoms with Crippen LogP contribution < -0.4 is 0 Å². The number of hydrogen-bond acceptors (Lipinski definition) is 0.